The minimum atomic E-state index is -0.542. The Morgan fingerprint density at radius 1 is 0.694 bits per heavy atom. The van der Waals surface area contributed by atoms with E-state index in [1.54, 1.807) is 72.8 Å². The molecule has 6 rings (SSSR count). The predicted octanol–water partition coefficient (Wildman–Crippen LogP) is 4.89. The second-order valence-corrected chi connectivity index (χ2v) is 8.28. The second-order valence-electron chi connectivity index (χ2n) is 8.28. The SMILES string of the molecule is O=C(c1ccccc1)c1cccc(N2C(=O)c3ccc(-c4nc5ccccc5c(=O)o4)cc3C2=O)c1. The molecule has 1 aliphatic rings. The predicted molar refractivity (Wildman–Crippen MR) is 133 cm³/mol. The molecule has 1 aromatic heterocycles. The summed E-state index contributed by atoms with van der Waals surface area (Å²) in [6.45, 7) is 0. The van der Waals surface area contributed by atoms with E-state index in [1.807, 2.05) is 6.07 Å². The summed E-state index contributed by atoms with van der Waals surface area (Å²) in [5.74, 6) is -1.20. The molecule has 0 fully saturated rings. The van der Waals surface area contributed by atoms with Crippen molar-refractivity contribution in [2.45, 2.75) is 0 Å². The van der Waals surface area contributed by atoms with Gasteiger partial charge in [0.1, 0.15) is 0 Å². The van der Waals surface area contributed by atoms with Crippen LogP contribution in [0.25, 0.3) is 22.4 Å². The summed E-state index contributed by atoms with van der Waals surface area (Å²) in [6, 6.07) is 26.6. The van der Waals surface area contributed by atoms with Crippen molar-refractivity contribution < 1.29 is 18.8 Å². The first-order valence-electron chi connectivity index (χ1n) is 11.1. The average molecular weight is 472 g/mol. The maximum Gasteiger partial charge on any atom is 0.347 e. The first-order valence-corrected chi connectivity index (χ1v) is 11.1. The number of hydrogen-bond acceptors (Lipinski definition) is 6. The zero-order valence-corrected chi connectivity index (χ0v) is 18.7. The minimum absolute atomic E-state index is 0.0515. The van der Waals surface area contributed by atoms with E-state index in [-0.39, 0.29) is 22.8 Å². The molecule has 2 amide bonds. The average Bonchev–Trinajstić information content (AvgIpc) is 3.17. The lowest BCUT2D eigenvalue weighted by Crippen LogP contribution is -2.29. The number of hydrogen-bond donors (Lipinski definition) is 0. The number of amides is 2. The van der Waals surface area contributed by atoms with Crippen molar-refractivity contribution >= 4 is 34.2 Å². The molecule has 0 saturated carbocycles. The highest BCUT2D eigenvalue weighted by molar-refractivity contribution is 6.34. The second kappa shape index (κ2) is 8.25. The summed E-state index contributed by atoms with van der Waals surface area (Å²) in [5, 5.41) is 0.352. The number of benzene rings is 4. The van der Waals surface area contributed by atoms with E-state index in [4.69, 9.17) is 4.42 Å². The number of carbonyl (C=O) groups is 3. The fourth-order valence-electron chi connectivity index (χ4n) is 4.29. The smallest absolute Gasteiger partial charge is 0.347 e. The summed E-state index contributed by atoms with van der Waals surface area (Å²) in [7, 11) is 0. The van der Waals surface area contributed by atoms with E-state index in [1.165, 1.54) is 18.2 Å². The van der Waals surface area contributed by atoms with E-state index in [0.717, 1.165) is 4.90 Å². The van der Waals surface area contributed by atoms with Crippen molar-refractivity contribution in [1.82, 2.24) is 4.98 Å². The van der Waals surface area contributed by atoms with Gasteiger partial charge in [-0.15, -0.1) is 0 Å². The van der Waals surface area contributed by atoms with Crippen LogP contribution in [0.15, 0.2) is 106 Å². The van der Waals surface area contributed by atoms with Gasteiger partial charge in [-0.05, 0) is 42.5 Å². The number of fused-ring (bicyclic) bond motifs is 2. The molecular formula is C29H16N2O5. The van der Waals surface area contributed by atoms with Crippen molar-refractivity contribution in [3.63, 3.8) is 0 Å². The number of anilines is 1. The Kier molecular flexibility index (Phi) is 4.90. The van der Waals surface area contributed by atoms with Gasteiger partial charge in [-0.1, -0.05) is 54.6 Å². The number of imide groups is 1. The molecule has 5 aromatic rings. The van der Waals surface area contributed by atoms with Gasteiger partial charge in [0.05, 0.1) is 27.7 Å². The lowest BCUT2D eigenvalue weighted by Gasteiger charge is -2.14. The molecule has 36 heavy (non-hydrogen) atoms. The fourth-order valence-corrected chi connectivity index (χ4v) is 4.29. The maximum atomic E-state index is 13.3. The lowest BCUT2D eigenvalue weighted by molar-refractivity contribution is 0.0924. The molecule has 0 bridgehead atoms. The highest BCUT2D eigenvalue weighted by atomic mass is 16.4. The lowest BCUT2D eigenvalue weighted by atomic mass is 10.0. The Labute approximate surface area is 204 Å². The van der Waals surface area contributed by atoms with Crippen LogP contribution in [0.3, 0.4) is 0 Å². The van der Waals surface area contributed by atoms with Crippen LogP contribution in [0.5, 0.6) is 0 Å². The molecule has 1 aliphatic heterocycles. The number of para-hydroxylation sites is 1. The van der Waals surface area contributed by atoms with E-state index >= 15 is 0 Å². The molecule has 0 unspecified atom stereocenters. The summed E-state index contributed by atoms with van der Waals surface area (Å²) in [4.78, 5) is 57.2. The topological polar surface area (TPSA) is 97.6 Å². The highest BCUT2D eigenvalue weighted by Crippen LogP contribution is 2.32. The van der Waals surface area contributed by atoms with Gasteiger partial charge in [0, 0.05) is 16.7 Å². The zero-order chi connectivity index (χ0) is 24.8. The molecule has 0 saturated heterocycles. The van der Waals surface area contributed by atoms with Gasteiger partial charge in [0.15, 0.2) is 5.78 Å². The molecule has 0 aliphatic carbocycles. The van der Waals surface area contributed by atoms with Gasteiger partial charge in [-0.3, -0.25) is 14.4 Å². The summed E-state index contributed by atoms with van der Waals surface area (Å²) in [5.41, 5.74) is 1.85. The number of ketones is 1. The van der Waals surface area contributed by atoms with E-state index in [0.29, 0.717) is 33.3 Å². The van der Waals surface area contributed by atoms with Crippen LogP contribution in [0.1, 0.15) is 36.6 Å². The van der Waals surface area contributed by atoms with Crippen LogP contribution in [0.2, 0.25) is 0 Å². The van der Waals surface area contributed by atoms with Crippen LogP contribution >= 0.6 is 0 Å². The van der Waals surface area contributed by atoms with Crippen molar-refractivity contribution in [1.29, 1.82) is 0 Å². The van der Waals surface area contributed by atoms with Crippen LogP contribution < -0.4 is 10.5 Å². The van der Waals surface area contributed by atoms with Gasteiger partial charge in [-0.2, -0.15) is 0 Å². The largest absolute Gasteiger partial charge is 0.403 e. The Bertz CT molecular complexity index is 1770. The molecule has 0 atom stereocenters. The van der Waals surface area contributed by atoms with Crippen molar-refractivity contribution in [3.8, 4) is 11.5 Å². The zero-order valence-electron chi connectivity index (χ0n) is 18.7. The van der Waals surface area contributed by atoms with Crippen LogP contribution in [-0.4, -0.2) is 22.6 Å². The number of nitrogens with zero attached hydrogens (tertiary/aromatic N) is 2. The normalized spacial score (nSPS) is 12.7. The molecule has 4 aromatic carbocycles. The highest BCUT2D eigenvalue weighted by Gasteiger charge is 2.37. The molecule has 172 valence electrons. The Hall–Kier alpha value is -5.17. The molecule has 0 radical (unpaired) electrons. The summed E-state index contributed by atoms with van der Waals surface area (Å²) >= 11 is 0. The van der Waals surface area contributed by atoms with E-state index < -0.39 is 17.4 Å². The van der Waals surface area contributed by atoms with Gasteiger partial charge in [-0.25, -0.2) is 14.7 Å². The van der Waals surface area contributed by atoms with Gasteiger partial charge < -0.3 is 4.42 Å². The fraction of sp³-hybridized carbons (Fsp3) is 0. The van der Waals surface area contributed by atoms with Crippen molar-refractivity contribution in [2.24, 2.45) is 0 Å². The Morgan fingerprint density at radius 2 is 1.42 bits per heavy atom. The van der Waals surface area contributed by atoms with Gasteiger partial charge in [0.2, 0.25) is 5.89 Å². The van der Waals surface area contributed by atoms with Crippen molar-refractivity contribution in [3.05, 3.63) is 130 Å². The number of aromatic nitrogens is 1. The first-order chi connectivity index (χ1) is 17.5. The molecule has 0 N–H and O–H groups in total. The molecule has 7 heteroatoms. The van der Waals surface area contributed by atoms with Crippen LogP contribution in [0, 0.1) is 0 Å². The standard InChI is InChI=1S/C29H16N2O5/c32-25(17-7-2-1-3-8-17)18-9-6-10-20(15-18)31-27(33)21-14-13-19(16-23(21)28(31)34)26-30-24-12-5-4-11-22(24)29(35)36-26/h1-16H. The molecule has 7 nitrogen and oxygen atoms in total. The maximum absolute atomic E-state index is 13.3. The summed E-state index contributed by atoms with van der Waals surface area (Å²) < 4.78 is 5.38. The first kappa shape index (κ1) is 21.4. The number of carbonyl (C=O) groups excluding carboxylic acids is 3. The van der Waals surface area contributed by atoms with E-state index in [2.05, 4.69) is 4.98 Å². The Balaban J connectivity index is 1.37. The van der Waals surface area contributed by atoms with Crippen molar-refractivity contribution in [2.75, 3.05) is 4.90 Å². The molecule has 0 spiro atoms. The third-order valence-corrected chi connectivity index (χ3v) is 6.07. The number of rotatable bonds is 4. The Morgan fingerprint density at radius 3 is 2.25 bits per heavy atom. The molecule has 2 heterocycles. The molecular weight excluding hydrogens is 456 g/mol. The van der Waals surface area contributed by atoms with Gasteiger partial charge in [0.25, 0.3) is 11.8 Å². The van der Waals surface area contributed by atoms with Gasteiger partial charge >= 0.3 is 5.63 Å². The van der Waals surface area contributed by atoms with Crippen LogP contribution in [0.4, 0.5) is 5.69 Å². The minimum Gasteiger partial charge on any atom is -0.403 e. The third-order valence-electron chi connectivity index (χ3n) is 6.07. The van der Waals surface area contributed by atoms with Crippen LogP contribution in [-0.2, 0) is 0 Å². The third kappa shape index (κ3) is 3.42. The monoisotopic (exact) mass is 472 g/mol. The van der Waals surface area contributed by atoms with E-state index in [9.17, 15) is 19.2 Å². The quantitative estimate of drug-likeness (QED) is 0.273. The summed E-state index contributed by atoms with van der Waals surface area (Å²) in [6.07, 6.45) is 0.